The van der Waals surface area contributed by atoms with Gasteiger partial charge in [0.05, 0.1) is 0 Å². The van der Waals surface area contributed by atoms with Crippen molar-refractivity contribution in [2.24, 2.45) is 5.92 Å². The molecule has 1 aliphatic heterocycles. The van der Waals surface area contributed by atoms with Gasteiger partial charge in [0.25, 0.3) is 5.91 Å². The third-order valence-electron chi connectivity index (χ3n) is 3.98. The Morgan fingerprint density at radius 2 is 1.91 bits per heavy atom. The first-order valence-corrected chi connectivity index (χ1v) is 7.96. The number of carbonyl (C=O) groups excluding carboxylic acids is 2. The molecule has 0 spiro atoms. The lowest BCUT2D eigenvalue weighted by Crippen LogP contribution is -2.35. The van der Waals surface area contributed by atoms with Crippen LogP contribution < -0.4 is 10.6 Å². The number of halogens is 1. The van der Waals surface area contributed by atoms with Crippen molar-refractivity contribution in [1.29, 1.82) is 0 Å². The number of hydrogen-bond donors (Lipinski definition) is 2. The molecule has 0 bridgehead atoms. The maximum absolute atomic E-state index is 12.5. The van der Waals surface area contributed by atoms with E-state index >= 15 is 0 Å². The largest absolute Gasteiger partial charge is 0.339 e. The predicted molar refractivity (Wildman–Crippen MR) is 95.2 cm³/mol. The smallest absolute Gasteiger partial charge is 0.253 e. The van der Waals surface area contributed by atoms with Gasteiger partial charge in [-0.2, -0.15) is 0 Å². The maximum atomic E-state index is 12.5. The molecule has 0 radical (unpaired) electrons. The number of carbonyl (C=O) groups is 2. The third kappa shape index (κ3) is 5.52. The molecule has 23 heavy (non-hydrogen) atoms. The first kappa shape index (κ1) is 19.5. The van der Waals surface area contributed by atoms with E-state index in [-0.39, 0.29) is 30.1 Å². The lowest BCUT2D eigenvalue weighted by atomic mass is 10.1. The molecule has 0 saturated carbocycles. The van der Waals surface area contributed by atoms with Crippen molar-refractivity contribution in [2.45, 2.75) is 26.2 Å². The topological polar surface area (TPSA) is 61.4 Å². The Kier molecular flexibility index (Phi) is 8.06. The van der Waals surface area contributed by atoms with E-state index in [0.717, 1.165) is 25.9 Å². The first-order chi connectivity index (χ1) is 10.6. The molecule has 6 heteroatoms. The van der Waals surface area contributed by atoms with E-state index in [4.69, 9.17) is 0 Å². The molecule has 2 amide bonds. The number of likely N-dealkylation sites (tertiary alicyclic amines) is 1. The zero-order valence-electron chi connectivity index (χ0n) is 13.8. The average molecular weight is 340 g/mol. The normalized spacial score (nSPS) is 15.5. The molecule has 0 aromatic heterocycles. The van der Waals surface area contributed by atoms with Crippen LogP contribution in [-0.4, -0.2) is 43.4 Å². The molecule has 1 atom stereocenters. The highest BCUT2D eigenvalue weighted by atomic mass is 35.5. The van der Waals surface area contributed by atoms with Gasteiger partial charge in [-0.25, -0.2) is 0 Å². The Morgan fingerprint density at radius 3 is 2.57 bits per heavy atom. The van der Waals surface area contributed by atoms with Gasteiger partial charge in [0.1, 0.15) is 0 Å². The summed E-state index contributed by atoms with van der Waals surface area (Å²) in [5.41, 5.74) is 1.32. The van der Waals surface area contributed by atoms with Crippen molar-refractivity contribution in [1.82, 2.24) is 10.2 Å². The SMILES string of the molecule is CNCC(C)C(=O)Nc1cccc(C(=O)N2CCCCC2)c1.Cl. The predicted octanol–water partition coefficient (Wildman–Crippen LogP) is 2.53. The van der Waals surface area contributed by atoms with Crippen LogP contribution in [0.25, 0.3) is 0 Å². The number of nitrogens with one attached hydrogen (secondary N) is 2. The Hall–Kier alpha value is -1.59. The van der Waals surface area contributed by atoms with Gasteiger partial charge in [0, 0.05) is 36.8 Å². The van der Waals surface area contributed by atoms with E-state index < -0.39 is 0 Å². The second-order valence-corrected chi connectivity index (χ2v) is 5.88. The van der Waals surface area contributed by atoms with Crippen molar-refractivity contribution in [2.75, 3.05) is 32.0 Å². The minimum absolute atomic E-state index is 0. The number of anilines is 1. The Labute approximate surface area is 144 Å². The number of nitrogens with zero attached hydrogens (tertiary/aromatic N) is 1. The van der Waals surface area contributed by atoms with Gasteiger partial charge < -0.3 is 15.5 Å². The van der Waals surface area contributed by atoms with Gasteiger partial charge in [-0.05, 0) is 44.5 Å². The Bertz CT molecular complexity index is 530. The van der Waals surface area contributed by atoms with Crippen LogP contribution in [0.1, 0.15) is 36.5 Å². The summed E-state index contributed by atoms with van der Waals surface area (Å²) >= 11 is 0. The van der Waals surface area contributed by atoms with Crippen molar-refractivity contribution in [3.63, 3.8) is 0 Å². The lowest BCUT2D eigenvalue weighted by molar-refractivity contribution is -0.119. The fourth-order valence-electron chi connectivity index (χ4n) is 2.67. The molecule has 1 aromatic rings. The summed E-state index contributed by atoms with van der Waals surface area (Å²) < 4.78 is 0. The standard InChI is InChI=1S/C17H25N3O2.ClH/c1-13(12-18-2)16(21)19-15-8-6-7-14(11-15)17(22)20-9-4-3-5-10-20;/h6-8,11,13,18H,3-5,9-10,12H2,1-2H3,(H,19,21);1H. The number of amides is 2. The summed E-state index contributed by atoms with van der Waals surface area (Å²) in [6.07, 6.45) is 3.34. The van der Waals surface area contributed by atoms with E-state index in [1.54, 1.807) is 6.07 Å². The molecule has 128 valence electrons. The average Bonchev–Trinajstić information content (AvgIpc) is 2.55. The number of benzene rings is 1. The molecule has 1 fully saturated rings. The molecule has 1 saturated heterocycles. The van der Waals surface area contributed by atoms with Gasteiger partial charge in [-0.1, -0.05) is 13.0 Å². The van der Waals surface area contributed by atoms with Crippen molar-refractivity contribution in [3.05, 3.63) is 29.8 Å². The minimum atomic E-state index is -0.119. The highest BCUT2D eigenvalue weighted by Crippen LogP contribution is 2.17. The van der Waals surface area contributed by atoms with Crippen LogP contribution in [0.3, 0.4) is 0 Å². The summed E-state index contributed by atoms with van der Waals surface area (Å²) in [4.78, 5) is 26.4. The molecule has 0 aliphatic carbocycles. The molecule has 5 nitrogen and oxygen atoms in total. The number of piperidine rings is 1. The van der Waals surface area contributed by atoms with Crippen molar-refractivity contribution < 1.29 is 9.59 Å². The molecule has 1 heterocycles. The summed E-state index contributed by atoms with van der Waals surface area (Å²) in [5.74, 6) is -0.109. The quantitative estimate of drug-likeness (QED) is 0.866. The number of hydrogen-bond acceptors (Lipinski definition) is 3. The molecular weight excluding hydrogens is 314 g/mol. The molecule has 1 aromatic carbocycles. The zero-order chi connectivity index (χ0) is 15.9. The summed E-state index contributed by atoms with van der Waals surface area (Å²) in [5, 5.41) is 5.86. The fraction of sp³-hybridized carbons (Fsp3) is 0.529. The highest BCUT2D eigenvalue weighted by Gasteiger charge is 2.19. The monoisotopic (exact) mass is 339 g/mol. The van der Waals surface area contributed by atoms with Crippen molar-refractivity contribution in [3.8, 4) is 0 Å². The minimum Gasteiger partial charge on any atom is -0.339 e. The van der Waals surface area contributed by atoms with E-state index in [1.807, 2.05) is 37.1 Å². The molecule has 1 unspecified atom stereocenters. The molecule has 1 aliphatic rings. The summed E-state index contributed by atoms with van der Waals surface area (Å²) in [6.45, 7) is 4.15. The molecule has 2 N–H and O–H groups in total. The molecule has 2 rings (SSSR count). The second kappa shape index (κ2) is 9.53. The second-order valence-electron chi connectivity index (χ2n) is 5.88. The van der Waals surface area contributed by atoms with Gasteiger partial charge >= 0.3 is 0 Å². The van der Waals surface area contributed by atoms with Crippen LogP contribution in [0.2, 0.25) is 0 Å². The summed E-state index contributed by atoms with van der Waals surface area (Å²) in [7, 11) is 1.82. The van der Waals surface area contributed by atoms with Gasteiger partial charge in [0.15, 0.2) is 0 Å². The van der Waals surface area contributed by atoms with E-state index in [2.05, 4.69) is 10.6 Å². The highest BCUT2D eigenvalue weighted by molar-refractivity contribution is 5.97. The van der Waals surface area contributed by atoms with E-state index in [0.29, 0.717) is 17.8 Å². The first-order valence-electron chi connectivity index (χ1n) is 7.96. The zero-order valence-corrected chi connectivity index (χ0v) is 14.6. The Morgan fingerprint density at radius 1 is 1.22 bits per heavy atom. The molecular formula is C17H26ClN3O2. The van der Waals surface area contributed by atoms with Crippen LogP contribution in [0.5, 0.6) is 0 Å². The van der Waals surface area contributed by atoms with Crippen LogP contribution in [0.4, 0.5) is 5.69 Å². The van der Waals surface area contributed by atoms with Gasteiger partial charge in [-0.15, -0.1) is 12.4 Å². The summed E-state index contributed by atoms with van der Waals surface area (Å²) in [6, 6.07) is 7.21. The van der Waals surface area contributed by atoms with Crippen LogP contribution in [-0.2, 0) is 4.79 Å². The van der Waals surface area contributed by atoms with E-state index in [9.17, 15) is 9.59 Å². The van der Waals surface area contributed by atoms with Crippen LogP contribution in [0.15, 0.2) is 24.3 Å². The number of rotatable bonds is 5. The van der Waals surface area contributed by atoms with Crippen molar-refractivity contribution >= 4 is 29.9 Å². The Balaban J connectivity index is 0.00000264. The van der Waals surface area contributed by atoms with E-state index in [1.165, 1.54) is 6.42 Å². The van der Waals surface area contributed by atoms with Gasteiger partial charge in [0.2, 0.25) is 5.91 Å². The van der Waals surface area contributed by atoms with Crippen LogP contribution in [0, 0.1) is 5.92 Å². The lowest BCUT2D eigenvalue weighted by Gasteiger charge is -2.26. The van der Waals surface area contributed by atoms with Gasteiger partial charge in [-0.3, -0.25) is 9.59 Å². The van der Waals surface area contributed by atoms with Crippen LogP contribution >= 0.6 is 12.4 Å². The fourth-order valence-corrected chi connectivity index (χ4v) is 2.67. The maximum Gasteiger partial charge on any atom is 0.253 e. The third-order valence-corrected chi connectivity index (χ3v) is 3.98.